The normalized spacial score (nSPS) is 11.7. The zero-order valence-corrected chi connectivity index (χ0v) is 39.3. The third-order valence-electron chi connectivity index (χ3n) is 9.55. The topological polar surface area (TPSA) is 269 Å². The molecule has 0 saturated heterocycles. The average Bonchev–Trinajstić information content (AvgIpc) is 3.23. The fourth-order valence-electron chi connectivity index (χ4n) is 6.58. The van der Waals surface area contributed by atoms with Gasteiger partial charge in [0.05, 0.1) is 11.4 Å². The summed E-state index contributed by atoms with van der Waals surface area (Å²) < 4.78 is 69.8. The van der Waals surface area contributed by atoms with Crippen molar-refractivity contribution in [3.8, 4) is 34.1 Å². The van der Waals surface area contributed by atoms with Gasteiger partial charge in [0.25, 0.3) is 20.2 Å². The van der Waals surface area contributed by atoms with Gasteiger partial charge >= 0.3 is 59.1 Å². The summed E-state index contributed by atoms with van der Waals surface area (Å²) in [6.45, 7) is 0. The summed E-state index contributed by atoms with van der Waals surface area (Å²) in [6, 6.07) is 37.7. The van der Waals surface area contributed by atoms with Gasteiger partial charge in [-0.05, 0) is 107 Å². The molecule has 0 aliphatic rings. The first kappa shape index (κ1) is 47.6. The number of nitrogens with one attached hydrogen (secondary N) is 2. The van der Waals surface area contributed by atoms with Crippen molar-refractivity contribution < 1.29 is 105 Å². The van der Waals surface area contributed by atoms with E-state index in [-0.39, 0.29) is 103 Å². The molecule has 16 nitrogen and oxygen atoms in total. The van der Waals surface area contributed by atoms with E-state index < -0.39 is 64.4 Å². The van der Waals surface area contributed by atoms with Crippen molar-refractivity contribution in [2.75, 3.05) is 10.6 Å². The molecule has 0 heterocycles. The fraction of sp³-hybridized carbons (Fsp3) is 0. The molecule has 0 spiro atoms. The molecule has 310 valence electrons. The van der Waals surface area contributed by atoms with E-state index in [1.807, 2.05) is 60.7 Å². The van der Waals surface area contributed by atoms with Gasteiger partial charge in [-0.25, -0.2) is 0 Å². The summed E-state index contributed by atoms with van der Waals surface area (Å²) in [7, 11) is -9.89. The molecule has 0 amide bonds. The number of hydrogen-bond acceptors (Lipinski definition) is 14. The van der Waals surface area contributed by atoms with Crippen LogP contribution < -0.4 is 80.0 Å². The first-order valence-corrected chi connectivity index (χ1v) is 21.1. The summed E-state index contributed by atoms with van der Waals surface area (Å²) in [5.41, 5.74) is 1.46. The summed E-state index contributed by atoms with van der Waals surface area (Å²) in [6.07, 6.45) is 0. The smallest absolute Gasteiger partial charge is 0.871 e. The van der Waals surface area contributed by atoms with Gasteiger partial charge in [0, 0.05) is 33.5 Å². The molecular weight excluding hydrogens is 883 g/mol. The van der Waals surface area contributed by atoms with Crippen molar-refractivity contribution >= 4 is 87.3 Å². The number of phenolic OH excluding ortho intramolecular Hbond substituents is 2. The van der Waals surface area contributed by atoms with Gasteiger partial charge in [-0.1, -0.05) is 72.2 Å². The second-order valence-corrected chi connectivity index (χ2v) is 16.5. The zero-order valence-electron chi connectivity index (χ0n) is 33.7. The third-order valence-corrected chi connectivity index (χ3v) is 11.3. The van der Waals surface area contributed by atoms with E-state index >= 15 is 0 Å². The van der Waals surface area contributed by atoms with Crippen molar-refractivity contribution in [2.45, 2.75) is 9.79 Å². The maximum atomic E-state index is 13.2. The quantitative estimate of drug-likeness (QED) is 0.0610. The Morgan fingerprint density at radius 2 is 0.812 bits per heavy atom. The van der Waals surface area contributed by atoms with E-state index in [0.29, 0.717) is 11.4 Å². The van der Waals surface area contributed by atoms with Crippen LogP contribution in [0.4, 0.5) is 45.5 Å². The van der Waals surface area contributed by atoms with E-state index in [2.05, 4.69) is 31.1 Å². The van der Waals surface area contributed by atoms with Crippen LogP contribution in [0.15, 0.2) is 176 Å². The first-order chi connectivity index (χ1) is 29.6. The predicted molar refractivity (Wildman–Crippen MR) is 229 cm³/mol. The van der Waals surface area contributed by atoms with Crippen LogP contribution in [-0.2, 0) is 20.2 Å². The standard InChI is InChI=1S/C44H32N6O10S2.2Na/c51-37-21-25(11-17-35(37)47-49-41-39(61(55,56)57)23-27-19-31(13-15-33(27)43(41)53)45-29-7-3-1-4-8-29)26-12-18-36(38(52)22-26)48-50-42-40(62(58,59)60)24-28-20-32(14-16-34(28)44(42)54)46-30-9-5-2-6-10-30;;/h1-24,45-46,51-54H,(H,55,56,57)(H,58,59,60);;/q;2*+1/p-2. The molecule has 8 aromatic carbocycles. The number of fused-ring (bicyclic) bond motifs is 2. The van der Waals surface area contributed by atoms with Crippen LogP contribution in [0.25, 0.3) is 32.7 Å². The molecule has 0 aliphatic heterocycles. The number of hydrogen-bond donors (Lipinski definition) is 6. The molecule has 0 bridgehead atoms. The van der Waals surface area contributed by atoms with Crippen molar-refractivity contribution in [1.82, 2.24) is 0 Å². The molecule has 0 radical (unpaired) electrons. The number of nitrogens with zero attached hydrogens (tertiary/aromatic N) is 4. The summed E-state index contributed by atoms with van der Waals surface area (Å²) in [4.78, 5) is -1.49. The van der Waals surface area contributed by atoms with Gasteiger partial charge < -0.3 is 31.1 Å². The van der Waals surface area contributed by atoms with E-state index in [4.69, 9.17) is 0 Å². The Bertz CT molecular complexity index is 3140. The van der Waals surface area contributed by atoms with Crippen LogP contribution in [0, 0.1) is 0 Å². The Balaban J connectivity index is 0.00000340. The van der Waals surface area contributed by atoms with Crippen LogP contribution in [0.1, 0.15) is 0 Å². The van der Waals surface area contributed by atoms with Crippen LogP contribution in [0.5, 0.6) is 23.0 Å². The second kappa shape index (κ2) is 19.5. The zero-order chi connectivity index (χ0) is 43.8. The molecule has 64 heavy (non-hydrogen) atoms. The Labute approximate surface area is 409 Å². The van der Waals surface area contributed by atoms with Crippen molar-refractivity contribution in [3.63, 3.8) is 0 Å². The molecule has 20 heteroatoms. The minimum atomic E-state index is -4.94. The van der Waals surface area contributed by atoms with Gasteiger partial charge in [0.1, 0.15) is 21.2 Å². The van der Waals surface area contributed by atoms with E-state index in [1.165, 1.54) is 36.4 Å². The van der Waals surface area contributed by atoms with Crippen LogP contribution in [0.2, 0.25) is 0 Å². The minimum absolute atomic E-state index is 0. The molecule has 8 rings (SSSR count). The SMILES string of the molecule is O=S(=O)(O)c1cc2cc(Nc3ccccc3)ccc2c(O)c1N=Nc1ccc(-c2ccc(N=Nc3c(S(=O)(=O)O)cc4cc(Nc5ccccc5)ccc4c3O)c([O-])c2)cc1[O-].[Na+].[Na+]. The molecule has 0 fully saturated rings. The number of phenols is 2. The fourth-order valence-corrected chi connectivity index (χ4v) is 7.90. The molecule has 0 unspecified atom stereocenters. The minimum Gasteiger partial charge on any atom is -0.871 e. The largest absolute Gasteiger partial charge is 1.00 e. The molecule has 0 aliphatic carbocycles. The van der Waals surface area contributed by atoms with E-state index in [9.17, 15) is 46.4 Å². The Kier molecular flexibility index (Phi) is 14.5. The van der Waals surface area contributed by atoms with Crippen molar-refractivity contribution in [3.05, 3.63) is 146 Å². The number of azo groups is 2. The Hall–Kier alpha value is -5.90. The van der Waals surface area contributed by atoms with Crippen molar-refractivity contribution in [2.24, 2.45) is 20.5 Å². The number of para-hydroxylation sites is 2. The Morgan fingerprint density at radius 3 is 1.16 bits per heavy atom. The number of aromatic hydroxyl groups is 2. The van der Waals surface area contributed by atoms with E-state index in [0.717, 1.165) is 35.6 Å². The molecule has 0 saturated carbocycles. The van der Waals surface area contributed by atoms with Crippen LogP contribution in [0.3, 0.4) is 0 Å². The Morgan fingerprint density at radius 1 is 0.438 bits per heavy atom. The maximum absolute atomic E-state index is 13.2. The van der Waals surface area contributed by atoms with Gasteiger partial charge in [0.2, 0.25) is 0 Å². The molecule has 8 aromatic rings. The van der Waals surface area contributed by atoms with Gasteiger partial charge in [-0.15, -0.1) is 10.2 Å². The number of rotatable bonds is 11. The van der Waals surface area contributed by atoms with Gasteiger partial charge in [0.15, 0.2) is 11.5 Å². The molecule has 0 aromatic heterocycles. The summed E-state index contributed by atoms with van der Waals surface area (Å²) in [5, 5.41) is 71.2. The van der Waals surface area contributed by atoms with Gasteiger partial charge in [-0.2, -0.15) is 27.1 Å². The predicted octanol–water partition coefficient (Wildman–Crippen LogP) is 4.04. The average molecular weight is 913 g/mol. The number of benzene rings is 8. The van der Waals surface area contributed by atoms with Gasteiger partial charge in [-0.3, -0.25) is 9.11 Å². The molecule has 0 atom stereocenters. The van der Waals surface area contributed by atoms with Crippen LogP contribution in [-0.4, -0.2) is 36.2 Å². The first-order valence-electron chi connectivity index (χ1n) is 18.3. The maximum Gasteiger partial charge on any atom is 1.00 e. The van der Waals surface area contributed by atoms with E-state index in [1.54, 1.807) is 24.3 Å². The van der Waals surface area contributed by atoms with Crippen LogP contribution >= 0.6 is 0 Å². The van der Waals surface area contributed by atoms with Crippen molar-refractivity contribution in [1.29, 1.82) is 0 Å². The molecular formula is C44H30N6Na2O10S2. The third kappa shape index (κ3) is 10.4. The monoisotopic (exact) mass is 912 g/mol. The summed E-state index contributed by atoms with van der Waals surface area (Å²) in [5.74, 6) is -2.60. The second-order valence-electron chi connectivity index (χ2n) is 13.7. The number of anilines is 4. The summed E-state index contributed by atoms with van der Waals surface area (Å²) >= 11 is 0. The molecule has 6 N–H and O–H groups in total.